The number of nitrogens with two attached hydrogens (primary N) is 1. The molecular weight excluding hydrogens is 370 g/mol. The molecule has 1 aromatic carbocycles. The Hall–Kier alpha value is -2.09. The zero-order valence-corrected chi connectivity index (χ0v) is 17.0. The lowest BCUT2D eigenvalue weighted by atomic mass is 9.37. The van der Waals surface area contributed by atoms with Crippen LogP contribution in [0, 0.1) is 11.3 Å². The number of hydrazine groups is 1. The molecule has 154 valence electrons. The summed E-state index contributed by atoms with van der Waals surface area (Å²) in [6.45, 7) is 0.990. The van der Waals surface area contributed by atoms with E-state index in [0.29, 0.717) is 12.5 Å². The van der Waals surface area contributed by atoms with Crippen molar-refractivity contribution in [3.63, 3.8) is 0 Å². The predicted octanol–water partition coefficient (Wildman–Crippen LogP) is 0.905. The van der Waals surface area contributed by atoms with Crippen LogP contribution in [0.2, 0.25) is 0 Å². The van der Waals surface area contributed by atoms with Gasteiger partial charge in [0.25, 0.3) is 0 Å². The molecule has 2 fully saturated rings. The molecular formula is C22H27N3O4. The number of likely N-dealkylation sites (N-methyl/N-ethyl adjacent to an activating group) is 1. The van der Waals surface area contributed by atoms with Gasteiger partial charge in [0.05, 0.1) is 18.4 Å². The van der Waals surface area contributed by atoms with Crippen LogP contribution in [0.1, 0.15) is 24.0 Å². The Morgan fingerprint density at radius 2 is 2.17 bits per heavy atom. The van der Waals surface area contributed by atoms with Crippen molar-refractivity contribution in [2.75, 3.05) is 27.8 Å². The summed E-state index contributed by atoms with van der Waals surface area (Å²) in [6.07, 6.45) is 6.74. The van der Waals surface area contributed by atoms with Crippen LogP contribution in [0.3, 0.4) is 0 Å². The van der Waals surface area contributed by atoms with E-state index < -0.39 is 11.5 Å². The van der Waals surface area contributed by atoms with Crippen molar-refractivity contribution in [1.29, 1.82) is 0 Å². The maximum absolute atomic E-state index is 12.9. The van der Waals surface area contributed by atoms with Crippen LogP contribution in [0.5, 0.6) is 11.5 Å². The normalized spacial score (nSPS) is 43.0. The average Bonchev–Trinajstić information content (AvgIpc) is 3.12. The average molecular weight is 397 g/mol. The molecule has 1 amide bonds. The molecule has 2 aliphatic heterocycles. The fourth-order valence-electron chi connectivity index (χ4n) is 7.60. The van der Waals surface area contributed by atoms with Crippen molar-refractivity contribution >= 4 is 5.91 Å². The lowest BCUT2D eigenvalue weighted by molar-refractivity contribution is -0.213. The van der Waals surface area contributed by atoms with Gasteiger partial charge in [-0.15, -0.1) is 0 Å². The molecule has 1 saturated carbocycles. The number of hydrogen-bond donors (Lipinski definition) is 2. The SMILES string of the molecule is COc1ccc2c3c1O[C@@H]1[C@@]4(OC)C=C[C@@]5(C[C@H]4C(=O)NN)[C@@H](C2)N(C)CC[C@]315. The summed E-state index contributed by atoms with van der Waals surface area (Å²) < 4.78 is 18.6. The fraction of sp³-hybridized carbons (Fsp3) is 0.591. The van der Waals surface area contributed by atoms with Gasteiger partial charge in [0.2, 0.25) is 5.91 Å². The van der Waals surface area contributed by atoms with Crippen molar-refractivity contribution < 1.29 is 19.0 Å². The van der Waals surface area contributed by atoms with Crippen LogP contribution >= 0.6 is 0 Å². The first-order valence-corrected chi connectivity index (χ1v) is 10.3. The van der Waals surface area contributed by atoms with E-state index in [2.05, 4.69) is 35.6 Å². The second-order valence-electron chi connectivity index (χ2n) is 9.25. The molecule has 29 heavy (non-hydrogen) atoms. The summed E-state index contributed by atoms with van der Waals surface area (Å²) in [5.41, 5.74) is 3.72. The third-order valence-electron chi connectivity index (χ3n) is 8.74. The molecule has 0 unspecified atom stereocenters. The Morgan fingerprint density at radius 1 is 1.34 bits per heavy atom. The van der Waals surface area contributed by atoms with Gasteiger partial charge in [0.1, 0.15) is 11.7 Å². The van der Waals surface area contributed by atoms with Crippen LogP contribution in [0.4, 0.5) is 0 Å². The molecule has 2 spiro atoms. The van der Waals surface area contributed by atoms with Gasteiger partial charge in [-0.2, -0.15) is 0 Å². The fourth-order valence-corrected chi connectivity index (χ4v) is 7.60. The molecule has 3 N–H and O–H groups in total. The predicted molar refractivity (Wildman–Crippen MR) is 106 cm³/mol. The Bertz CT molecular complexity index is 964. The number of methoxy groups -OCH3 is 2. The van der Waals surface area contributed by atoms with Gasteiger partial charge in [-0.3, -0.25) is 10.2 Å². The summed E-state index contributed by atoms with van der Waals surface area (Å²) in [5, 5.41) is 0. The van der Waals surface area contributed by atoms with Gasteiger partial charge in [-0.1, -0.05) is 18.2 Å². The Kier molecular flexibility index (Phi) is 3.26. The van der Waals surface area contributed by atoms with Crippen LogP contribution in [0.15, 0.2) is 24.3 Å². The lowest BCUT2D eigenvalue weighted by Crippen LogP contribution is -2.80. The van der Waals surface area contributed by atoms with E-state index >= 15 is 0 Å². The first-order valence-electron chi connectivity index (χ1n) is 10.3. The van der Waals surface area contributed by atoms with E-state index in [4.69, 9.17) is 20.1 Å². The molecule has 7 heteroatoms. The highest BCUT2D eigenvalue weighted by atomic mass is 16.6. The summed E-state index contributed by atoms with van der Waals surface area (Å²) in [4.78, 5) is 15.4. The number of carbonyl (C=O) groups excluding carboxylic acids is 1. The van der Waals surface area contributed by atoms with E-state index in [9.17, 15) is 4.79 Å². The molecule has 4 bridgehead atoms. The highest BCUT2D eigenvalue weighted by Gasteiger charge is 2.79. The van der Waals surface area contributed by atoms with Crippen LogP contribution in [-0.4, -0.2) is 56.4 Å². The molecule has 6 atom stereocenters. The highest BCUT2D eigenvalue weighted by Crippen LogP contribution is 2.74. The van der Waals surface area contributed by atoms with E-state index in [-0.39, 0.29) is 22.8 Å². The van der Waals surface area contributed by atoms with E-state index in [0.717, 1.165) is 30.9 Å². The topological polar surface area (TPSA) is 86.0 Å². The van der Waals surface area contributed by atoms with E-state index in [1.165, 1.54) is 11.1 Å². The van der Waals surface area contributed by atoms with Gasteiger partial charge >= 0.3 is 0 Å². The van der Waals surface area contributed by atoms with E-state index in [1.807, 2.05) is 6.07 Å². The zero-order chi connectivity index (χ0) is 20.2. The number of piperidine rings is 1. The minimum atomic E-state index is -0.857. The van der Waals surface area contributed by atoms with Gasteiger partial charge in [0, 0.05) is 24.1 Å². The number of benzene rings is 1. The first-order chi connectivity index (χ1) is 14.0. The number of carbonyl (C=O) groups is 1. The van der Waals surface area contributed by atoms with Crippen LogP contribution < -0.4 is 20.7 Å². The summed E-state index contributed by atoms with van der Waals surface area (Å²) in [5.74, 6) is 6.60. The smallest absolute Gasteiger partial charge is 0.240 e. The second-order valence-corrected chi connectivity index (χ2v) is 9.25. The molecule has 7 rings (SSSR count). The van der Waals surface area contributed by atoms with Crippen LogP contribution in [0.25, 0.3) is 0 Å². The Labute approximate surface area is 170 Å². The maximum Gasteiger partial charge on any atom is 0.240 e. The largest absolute Gasteiger partial charge is 0.493 e. The standard InChI is InChI=1S/C22H27N3O4/c1-25-9-8-21-16-12-4-5-14(27-2)17(16)29-19(21)22(28-3)7-6-20(21,15(25)10-12)11-13(22)18(26)24-23/h4-7,13,15,19H,8-11,23H2,1-3H3,(H,24,26)/t13-,15+,19-,20+,21-,22+/m0/s1. The molecule has 2 heterocycles. The Morgan fingerprint density at radius 3 is 2.90 bits per heavy atom. The van der Waals surface area contributed by atoms with Crippen molar-refractivity contribution in [2.24, 2.45) is 17.2 Å². The number of hydrogen-bond acceptors (Lipinski definition) is 6. The summed E-state index contributed by atoms with van der Waals surface area (Å²) in [6, 6.07) is 4.50. The molecule has 1 aromatic rings. The van der Waals surface area contributed by atoms with Gasteiger partial charge in [-0.25, -0.2) is 5.84 Å². The van der Waals surface area contributed by atoms with Crippen molar-refractivity contribution in [3.05, 3.63) is 35.4 Å². The highest BCUT2D eigenvalue weighted by molar-refractivity contribution is 5.82. The zero-order valence-electron chi connectivity index (χ0n) is 17.0. The van der Waals surface area contributed by atoms with E-state index in [1.54, 1.807) is 14.2 Å². The van der Waals surface area contributed by atoms with Gasteiger partial charge in [-0.05, 0) is 44.5 Å². The maximum atomic E-state index is 12.9. The second kappa shape index (κ2) is 5.33. The third-order valence-corrected chi connectivity index (χ3v) is 8.74. The van der Waals surface area contributed by atoms with Crippen LogP contribution in [-0.2, 0) is 21.4 Å². The molecule has 0 radical (unpaired) electrons. The van der Waals surface area contributed by atoms with Crippen molar-refractivity contribution in [2.45, 2.75) is 42.4 Å². The number of nitrogens with zero attached hydrogens (tertiary/aromatic N) is 1. The Balaban J connectivity index is 1.69. The van der Waals surface area contributed by atoms with Crippen molar-refractivity contribution in [1.82, 2.24) is 10.3 Å². The molecule has 1 saturated heterocycles. The summed E-state index contributed by atoms with van der Waals surface area (Å²) in [7, 11) is 5.56. The molecule has 7 nitrogen and oxygen atoms in total. The summed E-state index contributed by atoms with van der Waals surface area (Å²) >= 11 is 0. The number of likely N-dealkylation sites (tertiary alicyclic amines) is 1. The van der Waals surface area contributed by atoms with Gasteiger partial charge in [0.15, 0.2) is 11.5 Å². The number of nitrogens with one attached hydrogen (secondary N) is 1. The number of fused-ring (bicyclic) bond motifs is 1. The number of rotatable bonds is 3. The monoisotopic (exact) mass is 397 g/mol. The number of amides is 1. The molecule has 0 aromatic heterocycles. The minimum absolute atomic E-state index is 0.191. The molecule has 6 aliphatic rings. The molecule has 4 aliphatic carbocycles. The lowest BCUT2D eigenvalue weighted by Gasteiger charge is -2.70. The number of ether oxygens (including phenoxy) is 3. The third kappa shape index (κ3) is 1.64. The van der Waals surface area contributed by atoms with Crippen molar-refractivity contribution in [3.8, 4) is 11.5 Å². The first kappa shape index (κ1) is 17.7. The minimum Gasteiger partial charge on any atom is -0.493 e. The van der Waals surface area contributed by atoms with Gasteiger partial charge < -0.3 is 19.1 Å². The quantitative estimate of drug-likeness (QED) is 0.341.